The minimum atomic E-state index is -1.34. The largest absolute Gasteiger partial charge is 0.481 e. The summed E-state index contributed by atoms with van der Waals surface area (Å²) in [4.78, 5) is 42.2. The minimum absolute atomic E-state index is 0.00575. The summed E-state index contributed by atoms with van der Waals surface area (Å²) in [6.45, 7) is 4.35. The summed E-state index contributed by atoms with van der Waals surface area (Å²) in [5.74, 6) is -2.55. The number of likely N-dealkylation sites (tertiary alicyclic amines) is 1. The van der Waals surface area contributed by atoms with Gasteiger partial charge in [-0.1, -0.05) is 29.3 Å². The molecule has 2 heterocycles. The average molecular weight is 575 g/mol. The smallest absolute Gasteiger partial charge is 0.326 e. The van der Waals surface area contributed by atoms with Crippen LogP contribution in [0, 0.1) is 0 Å². The summed E-state index contributed by atoms with van der Waals surface area (Å²) in [7, 11) is 1.99. The molecule has 0 bridgehead atoms. The van der Waals surface area contributed by atoms with Crippen LogP contribution in [0.5, 0.6) is 0 Å². The van der Waals surface area contributed by atoms with Gasteiger partial charge in [0.1, 0.15) is 6.04 Å². The number of nitrogens with one attached hydrogen (secondary N) is 2. The first-order valence-corrected chi connectivity index (χ1v) is 13.3. The third kappa shape index (κ3) is 8.68. The van der Waals surface area contributed by atoms with E-state index in [0.717, 1.165) is 38.0 Å². The summed E-state index contributed by atoms with van der Waals surface area (Å²) < 4.78 is 0. The number of hydrogen-bond acceptors (Lipinski definition) is 6. The van der Waals surface area contributed by atoms with Gasteiger partial charge in [-0.3, -0.25) is 14.5 Å². The molecular weight excluding hydrogens is 541 g/mol. The summed E-state index contributed by atoms with van der Waals surface area (Å²) in [6.07, 6.45) is 1.92. The molecule has 2 aliphatic heterocycles. The van der Waals surface area contributed by atoms with Gasteiger partial charge in [0.05, 0.1) is 28.9 Å². The van der Waals surface area contributed by atoms with Crippen LogP contribution in [-0.2, 0) is 20.8 Å². The number of carboxylic acid groups (broad SMARTS) is 2. The van der Waals surface area contributed by atoms with Crippen molar-refractivity contribution in [3.63, 3.8) is 0 Å². The van der Waals surface area contributed by atoms with Gasteiger partial charge >= 0.3 is 11.9 Å². The Morgan fingerprint density at radius 1 is 1.11 bits per heavy atom. The predicted octanol–water partition coefficient (Wildman–Crippen LogP) is 1.53. The van der Waals surface area contributed by atoms with Crippen molar-refractivity contribution in [2.24, 2.45) is 0 Å². The van der Waals surface area contributed by atoms with E-state index in [0.29, 0.717) is 29.7 Å². The van der Waals surface area contributed by atoms with Gasteiger partial charge in [-0.05, 0) is 62.9 Å². The Bertz CT molecular complexity index is 1010. The molecule has 3 rings (SSSR count). The number of piperazine rings is 1. The van der Waals surface area contributed by atoms with Gasteiger partial charge in [-0.25, -0.2) is 4.79 Å². The van der Waals surface area contributed by atoms with Gasteiger partial charge in [0.25, 0.3) is 0 Å². The van der Waals surface area contributed by atoms with Gasteiger partial charge < -0.3 is 30.6 Å². The van der Waals surface area contributed by atoms with Gasteiger partial charge in [0, 0.05) is 32.2 Å². The number of benzene rings is 1. The Balaban J connectivity index is 1.66. The van der Waals surface area contributed by atoms with Crippen molar-refractivity contribution in [1.29, 1.82) is 0 Å². The van der Waals surface area contributed by atoms with Crippen LogP contribution >= 0.6 is 35.4 Å². The van der Waals surface area contributed by atoms with Crippen LogP contribution in [0.4, 0.5) is 0 Å². The number of halogens is 2. The van der Waals surface area contributed by atoms with Crippen LogP contribution in [-0.4, -0.2) is 112 Å². The van der Waals surface area contributed by atoms with Gasteiger partial charge in [-0.15, -0.1) is 0 Å². The number of likely N-dealkylation sites (N-methyl/N-ethyl adjacent to an activating group) is 1. The van der Waals surface area contributed by atoms with Crippen LogP contribution in [0.2, 0.25) is 10.0 Å². The standard InChI is InChI=1S/C24H33Cl2N5O5S/c1-29-12-17(13-30-6-2-3-7-30)31(21(32)9-15-4-5-18(25)19(26)8-15)14-16(29)11-27-24(37)28-20(23(35)36)10-22(33)34/h4-5,8,16-17,20H,2-3,6-7,9-14H2,1H3,(H,33,34)(H,35,36)(H2,27,28,37)/t16-,17-,20-/m0/s1. The Morgan fingerprint density at radius 2 is 1.81 bits per heavy atom. The van der Waals surface area contributed by atoms with E-state index in [1.165, 1.54) is 0 Å². The van der Waals surface area contributed by atoms with E-state index in [9.17, 15) is 19.5 Å². The number of aliphatic carboxylic acids is 2. The number of thiocarbonyl (C=S) groups is 1. The van der Waals surface area contributed by atoms with E-state index in [1.807, 2.05) is 11.9 Å². The van der Waals surface area contributed by atoms with Crippen molar-refractivity contribution in [2.45, 2.75) is 43.8 Å². The first-order valence-electron chi connectivity index (χ1n) is 12.2. The monoisotopic (exact) mass is 573 g/mol. The normalized spacial score (nSPS) is 21.4. The molecule has 3 atom stereocenters. The first-order chi connectivity index (χ1) is 17.5. The molecule has 2 fully saturated rings. The van der Waals surface area contributed by atoms with Crippen molar-refractivity contribution in [3.05, 3.63) is 33.8 Å². The lowest BCUT2D eigenvalue weighted by Gasteiger charge is -2.46. The lowest BCUT2D eigenvalue weighted by Crippen LogP contribution is -2.64. The molecule has 0 spiro atoms. The zero-order chi connectivity index (χ0) is 27.1. The summed E-state index contributed by atoms with van der Waals surface area (Å²) in [6, 6.07) is 3.80. The second-order valence-corrected chi connectivity index (χ2v) is 10.8. The van der Waals surface area contributed by atoms with Crippen molar-refractivity contribution < 1.29 is 24.6 Å². The third-order valence-electron chi connectivity index (χ3n) is 6.78. The van der Waals surface area contributed by atoms with Gasteiger partial charge in [0.15, 0.2) is 5.11 Å². The molecule has 0 aliphatic carbocycles. The Labute approximate surface area is 231 Å². The molecule has 0 saturated carbocycles. The van der Waals surface area contributed by atoms with Crippen LogP contribution < -0.4 is 10.6 Å². The number of nitrogens with zero attached hydrogens (tertiary/aromatic N) is 3. The Hall–Kier alpha value is -2.18. The maximum Gasteiger partial charge on any atom is 0.326 e. The minimum Gasteiger partial charge on any atom is -0.481 e. The van der Waals surface area contributed by atoms with Crippen molar-refractivity contribution in [1.82, 2.24) is 25.3 Å². The van der Waals surface area contributed by atoms with E-state index in [1.54, 1.807) is 18.2 Å². The third-order valence-corrected chi connectivity index (χ3v) is 7.78. The highest BCUT2D eigenvalue weighted by molar-refractivity contribution is 7.80. The predicted molar refractivity (Wildman–Crippen MR) is 145 cm³/mol. The number of carboxylic acids is 2. The van der Waals surface area contributed by atoms with Crippen molar-refractivity contribution in [2.75, 3.05) is 46.3 Å². The molecule has 13 heteroatoms. The molecule has 0 radical (unpaired) electrons. The number of hydrogen-bond donors (Lipinski definition) is 4. The van der Waals surface area contributed by atoms with Crippen molar-refractivity contribution >= 4 is 58.4 Å². The summed E-state index contributed by atoms with van der Waals surface area (Å²) in [5, 5.41) is 24.6. The quantitative estimate of drug-likeness (QED) is 0.306. The highest BCUT2D eigenvalue weighted by atomic mass is 35.5. The van der Waals surface area contributed by atoms with E-state index in [-0.39, 0.29) is 29.5 Å². The Kier molecular flexibility index (Phi) is 10.8. The molecule has 204 valence electrons. The van der Waals surface area contributed by atoms with Gasteiger partial charge in [-0.2, -0.15) is 0 Å². The molecule has 2 saturated heterocycles. The number of amides is 1. The molecular formula is C24H33Cl2N5O5S. The van der Waals surface area contributed by atoms with E-state index < -0.39 is 24.4 Å². The maximum absolute atomic E-state index is 13.5. The molecule has 10 nitrogen and oxygen atoms in total. The lowest BCUT2D eigenvalue weighted by atomic mass is 10.0. The number of carbonyl (C=O) groups is 3. The fourth-order valence-corrected chi connectivity index (χ4v) is 5.31. The maximum atomic E-state index is 13.5. The Morgan fingerprint density at radius 3 is 2.43 bits per heavy atom. The summed E-state index contributed by atoms with van der Waals surface area (Å²) >= 11 is 17.4. The van der Waals surface area contributed by atoms with E-state index in [4.69, 9.17) is 40.5 Å². The van der Waals surface area contributed by atoms with Crippen LogP contribution in [0.1, 0.15) is 24.8 Å². The zero-order valence-corrected chi connectivity index (χ0v) is 23.0. The highest BCUT2D eigenvalue weighted by Crippen LogP contribution is 2.24. The molecule has 2 aliphatic rings. The molecule has 1 aromatic carbocycles. The first kappa shape index (κ1) is 29.4. The second-order valence-electron chi connectivity index (χ2n) is 9.57. The lowest BCUT2D eigenvalue weighted by molar-refractivity contribution is -0.145. The van der Waals surface area contributed by atoms with Gasteiger partial charge in [0.2, 0.25) is 5.91 Å². The van der Waals surface area contributed by atoms with Crippen molar-refractivity contribution in [3.8, 4) is 0 Å². The molecule has 1 aromatic rings. The summed E-state index contributed by atoms with van der Waals surface area (Å²) in [5.41, 5.74) is 0.788. The number of rotatable bonds is 10. The van der Waals surface area contributed by atoms with Crippen LogP contribution in [0.25, 0.3) is 0 Å². The number of carbonyl (C=O) groups excluding carboxylic acids is 1. The topological polar surface area (TPSA) is 125 Å². The van der Waals surface area contributed by atoms with E-state index in [2.05, 4.69) is 20.4 Å². The fraction of sp³-hybridized carbons (Fsp3) is 0.583. The zero-order valence-electron chi connectivity index (χ0n) is 20.7. The van der Waals surface area contributed by atoms with E-state index >= 15 is 0 Å². The molecule has 0 unspecified atom stereocenters. The molecule has 4 N–H and O–H groups in total. The second kappa shape index (κ2) is 13.6. The van der Waals surface area contributed by atoms with Crippen LogP contribution in [0.15, 0.2) is 18.2 Å². The molecule has 0 aromatic heterocycles. The molecule has 1 amide bonds. The fourth-order valence-electron chi connectivity index (χ4n) is 4.76. The van der Waals surface area contributed by atoms with Crippen LogP contribution in [0.3, 0.4) is 0 Å². The average Bonchev–Trinajstić information content (AvgIpc) is 3.33. The highest BCUT2D eigenvalue weighted by Gasteiger charge is 2.36. The SMILES string of the molecule is CN1C[C@@H](CN2CCCC2)N(C(=O)Cc2ccc(Cl)c(Cl)c2)C[C@@H]1CNC(=S)N[C@@H](CC(=O)O)C(=O)O. The molecule has 37 heavy (non-hydrogen) atoms.